The third-order valence-corrected chi connectivity index (χ3v) is 1.67. The van der Waals surface area contributed by atoms with Crippen molar-refractivity contribution in [1.29, 1.82) is 0 Å². The number of halogens is 1. The van der Waals surface area contributed by atoms with Crippen LogP contribution in [-0.2, 0) is 5.33 Å². The van der Waals surface area contributed by atoms with Gasteiger partial charge in [0.15, 0.2) is 5.82 Å². The summed E-state index contributed by atoms with van der Waals surface area (Å²) in [7, 11) is 0. The minimum atomic E-state index is -0.643. The summed E-state index contributed by atoms with van der Waals surface area (Å²) in [5.74, 6) is 0.354. The molecule has 0 saturated carbocycles. The Bertz CT molecular complexity index is 273. The van der Waals surface area contributed by atoms with Crippen molar-refractivity contribution in [2.75, 3.05) is 5.32 Å². The van der Waals surface area contributed by atoms with Crippen LogP contribution in [0, 0.1) is 0 Å². The minimum Gasteiger partial charge on any atom is -0.351 e. The number of urea groups is 1. The normalized spacial score (nSPS) is 9.42. The molecule has 0 aromatic carbocycles. The molecule has 2 amide bonds. The van der Waals surface area contributed by atoms with E-state index in [1.54, 1.807) is 6.20 Å². The van der Waals surface area contributed by atoms with Gasteiger partial charge in [0.1, 0.15) is 0 Å². The van der Waals surface area contributed by atoms with Gasteiger partial charge in [-0.05, 0) is 0 Å². The molecule has 0 fully saturated rings. The van der Waals surface area contributed by atoms with Gasteiger partial charge in [0.25, 0.3) is 0 Å². The number of hydrogen-bond donors (Lipinski definition) is 2. The number of primary amides is 1. The van der Waals surface area contributed by atoms with Gasteiger partial charge in [-0.25, -0.2) is 9.78 Å². The van der Waals surface area contributed by atoms with E-state index in [9.17, 15) is 4.79 Å². The standard InChI is InChI=1S/C6H7BrN4O/c7-1-4-2-10-5(3-9-4)11-6(8)12/h2-3H,1H2,(H3,8,10,11,12). The number of nitrogens with zero attached hydrogens (tertiary/aromatic N) is 2. The lowest BCUT2D eigenvalue weighted by Gasteiger charge is -1.99. The molecule has 0 atom stereocenters. The fraction of sp³-hybridized carbons (Fsp3) is 0.167. The van der Waals surface area contributed by atoms with Crippen LogP contribution < -0.4 is 11.1 Å². The molecule has 1 aromatic rings. The lowest BCUT2D eigenvalue weighted by atomic mass is 10.5. The van der Waals surface area contributed by atoms with Crippen LogP contribution in [-0.4, -0.2) is 16.0 Å². The molecule has 0 radical (unpaired) electrons. The summed E-state index contributed by atoms with van der Waals surface area (Å²) in [6.07, 6.45) is 3.00. The minimum absolute atomic E-state index is 0.354. The second-order valence-electron chi connectivity index (χ2n) is 2.02. The van der Waals surface area contributed by atoms with Gasteiger partial charge in [-0.1, -0.05) is 15.9 Å². The van der Waals surface area contributed by atoms with E-state index in [0.29, 0.717) is 11.1 Å². The van der Waals surface area contributed by atoms with Crippen LogP contribution in [0.25, 0.3) is 0 Å². The van der Waals surface area contributed by atoms with E-state index in [-0.39, 0.29) is 0 Å². The molecule has 1 rings (SSSR count). The van der Waals surface area contributed by atoms with Gasteiger partial charge in [-0.2, -0.15) is 0 Å². The molecule has 5 nitrogen and oxygen atoms in total. The quantitative estimate of drug-likeness (QED) is 0.740. The highest BCUT2D eigenvalue weighted by molar-refractivity contribution is 9.08. The molecule has 0 saturated heterocycles. The maximum atomic E-state index is 10.4. The molecule has 0 bridgehead atoms. The van der Waals surface area contributed by atoms with Gasteiger partial charge in [0.2, 0.25) is 0 Å². The van der Waals surface area contributed by atoms with Crippen molar-refractivity contribution in [1.82, 2.24) is 9.97 Å². The van der Waals surface area contributed by atoms with Crippen LogP contribution in [0.2, 0.25) is 0 Å². The topological polar surface area (TPSA) is 80.9 Å². The number of rotatable bonds is 2. The summed E-state index contributed by atoms with van der Waals surface area (Å²) in [5.41, 5.74) is 5.66. The molecular weight excluding hydrogens is 224 g/mol. The molecule has 0 aliphatic rings. The third-order valence-electron chi connectivity index (χ3n) is 1.09. The summed E-state index contributed by atoms with van der Waals surface area (Å²) in [4.78, 5) is 18.2. The van der Waals surface area contributed by atoms with Gasteiger partial charge in [-0.3, -0.25) is 10.3 Å². The monoisotopic (exact) mass is 230 g/mol. The van der Waals surface area contributed by atoms with E-state index in [1.165, 1.54) is 6.20 Å². The predicted octanol–water partition coefficient (Wildman–Crippen LogP) is 0.862. The highest BCUT2D eigenvalue weighted by Gasteiger charge is 1.97. The SMILES string of the molecule is NC(=O)Nc1cnc(CBr)cn1. The van der Waals surface area contributed by atoms with E-state index >= 15 is 0 Å². The average molecular weight is 231 g/mol. The van der Waals surface area contributed by atoms with Gasteiger partial charge in [0.05, 0.1) is 18.1 Å². The zero-order chi connectivity index (χ0) is 8.97. The zero-order valence-electron chi connectivity index (χ0n) is 6.12. The Balaban J connectivity index is 2.71. The van der Waals surface area contributed by atoms with Crippen molar-refractivity contribution in [3.63, 3.8) is 0 Å². The molecule has 6 heteroatoms. The molecule has 12 heavy (non-hydrogen) atoms. The summed E-state index contributed by atoms with van der Waals surface area (Å²) >= 11 is 3.22. The lowest BCUT2D eigenvalue weighted by molar-refractivity contribution is 0.259. The van der Waals surface area contributed by atoms with Crippen LogP contribution in [0.1, 0.15) is 5.69 Å². The molecule has 0 aliphatic carbocycles. The van der Waals surface area contributed by atoms with Gasteiger partial charge >= 0.3 is 6.03 Å². The highest BCUT2D eigenvalue weighted by atomic mass is 79.9. The van der Waals surface area contributed by atoms with Crippen LogP contribution in [0.3, 0.4) is 0 Å². The first-order chi connectivity index (χ1) is 5.72. The van der Waals surface area contributed by atoms with E-state index in [2.05, 4.69) is 31.2 Å². The Hall–Kier alpha value is -1.17. The average Bonchev–Trinajstić information content (AvgIpc) is 2.05. The van der Waals surface area contributed by atoms with E-state index in [0.717, 1.165) is 5.69 Å². The lowest BCUT2D eigenvalue weighted by Crippen LogP contribution is -2.20. The molecular formula is C6H7BrN4O. The number of amides is 2. The van der Waals surface area contributed by atoms with Crippen LogP contribution in [0.4, 0.5) is 10.6 Å². The Kier molecular flexibility index (Phi) is 2.98. The predicted molar refractivity (Wildman–Crippen MR) is 47.9 cm³/mol. The number of aromatic nitrogens is 2. The van der Waals surface area contributed by atoms with Gasteiger partial charge in [-0.15, -0.1) is 0 Å². The van der Waals surface area contributed by atoms with Crippen LogP contribution >= 0.6 is 15.9 Å². The molecule has 0 spiro atoms. The number of hydrogen-bond acceptors (Lipinski definition) is 3. The fourth-order valence-electron chi connectivity index (χ4n) is 0.615. The maximum absolute atomic E-state index is 10.4. The van der Waals surface area contributed by atoms with Crippen molar-refractivity contribution in [3.8, 4) is 0 Å². The van der Waals surface area contributed by atoms with E-state index in [1.807, 2.05) is 0 Å². The Morgan fingerprint density at radius 1 is 1.58 bits per heavy atom. The van der Waals surface area contributed by atoms with E-state index < -0.39 is 6.03 Å². The van der Waals surface area contributed by atoms with Gasteiger partial charge in [0, 0.05) is 5.33 Å². The zero-order valence-corrected chi connectivity index (χ0v) is 7.71. The second kappa shape index (κ2) is 4.01. The second-order valence-corrected chi connectivity index (χ2v) is 2.58. The van der Waals surface area contributed by atoms with Crippen molar-refractivity contribution in [2.24, 2.45) is 5.73 Å². The van der Waals surface area contributed by atoms with Gasteiger partial charge < -0.3 is 5.73 Å². The smallest absolute Gasteiger partial charge is 0.317 e. The molecule has 64 valence electrons. The maximum Gasteiger partial charge on any atom is 0.317 e. The van der Waals surface area contributed by atoms with Crippen LogP contribution in [0.5, 0.6) is 0 Å². The number of anilines is 1. The molecule has 1 heterocycles. The summed E-state index contributed by atoms with van der Waals surface area (Å²) in [6, 6.07) is -0.643. The van der Waals surface area contributed by atoms with Crippen molar-refractivity contribution >= 4 is 27.8 Å². The first kappa shape index (κ1) is 8.92. The fourth-order valence-corrected chi connectivity index (χ4v) is 0.904. The Labute approximate surface area is 77.5 Å². The van der Waals surface area contributed by atoms with Crippen LogP contribution in [0.15, 0.2) is 12.4 Å². The van der Waals surface area contributed by atoms with Crippen molar-refractivity contribution in [2.45, 2.75) is 5.33 Å². The summed E-state index contributed by atoms with van der Waals surface area (Å²) in [5, 5.41) is 2.94. The number of carbonyl (C=O) groups excluding carboxylic acids is 1. The first-order valence-electron chi connectivity index (χ1n) is 3.15. The molecule has 0 aliphatic heterocycles. The number of nitrogens with one attached hydrogen (secondary N) is 1. The Morgan fingerprint density at radius 2 is 2.33 bits per heavy atom. The highest BCUT2D eigenvalue weighted by Crippen LogP contribution is 2.03. The molecule has 3 N–H and O–H groups in total. The molecule has 1 aromatic heterocycles. The Morgan fingerprint density at radius 3 is 2.75 bits per heavy atom. The number of carbonyl (C=O) groups is 1. The third kappa shape index (κ3) is 2.46. The number of nitrogens with two attached hydrogens (primary N) is 1. The number of alkyl halides is 1. The molecule has 0 unspecified atom stereocenters. The first-order valence-corrected chi connectivity index (χ1v) is 4.28. The van der Waals surface area contributed by atoms with Crippen molar-refractivity contribution < 1.29 is 4.79 Å². The van der Waals surface area contributed by atoms with E-state index in [4.69, 9.17) is 5.73 Å². The van der Waals surface area contributed by atoms with Crippen molar-refractivity contribution in [3.05, 3.63) is 18.1 Å². The largest absolute Gasteiger partial charge is 0.351 e. The summed E-state index contributed by atoms with van der Waals surface area (Å²) < 4.78 is 0. The summed E-state index contributed by atoms with van der Waals surface area (Å²) in [6.45, 7) is 0.